The van der Waals surface area contributed by atoms with Gasteiger partial charge in [0.25, 0.3) is 0 Å². The lowest BCUT2D eigenvalue weighted by Gasteiger charge is -2.22. The standard InChI is InChI=1S/C13H25N3S/c1-12(2,3)16-9-11(8-15-16)7-14-10-13(4,5)17-6/h8-9,14H,7,10H2,1-6H3. The fourth-order valence-electron chi connectivity index (χ4n) is 1.40. The van der Waals surface area contributed by atoms with Crippen LogP contribution in [-0.4, -0.2) is 27.3 Å². The first-order valence-corrected chi connectivity index (χ1v) is 7.27. The van der Waals surface area contributed by atoms with Crippen molar-refractivity contribution >= 4 is 11.8 Å². The molecule has 4 heteroatoms. The minimum Gasteiger partial charge on any atom is -0.311 e. The number of hydrogen-bond acceptors (Lipinski definition) is 3. The van der Waals surface area contributed by atoms with E-state index in [0.29, 0.717) is 4.75 Å². The van der Waals surface area contributed by atoms with E-state index in [1.165, 1.54) is 5.56 Å². The molecule has 0 aliphatic heterocycles. The quantitative estimate of drug-likeness (QED) is 0.877. The highest BCUT2D eigenvalue weighted by molar-refractivity contribution is 7.99. The summed E-state index contributed by atoms with van der Waals surface area (Å²) in [6.07, 6.45) is 6.22. The lowest BCUT2D eigenvalue weighted by atomic mass is 10.1. The number of nitrogens with one attached hydrogen (secondary N) is 1. The highest BCUT2D eigenvalue weighted by atomic mass is 32.2. The van der Waals surface area contributed by atoms with Gasteiger partial charge in [-0.1, -0.05) is 0 Å². The van der Waals surface area contributed by atoms with E-state index in [4.69, 9.17) is 0 Å². The monoisotopic (exact) mass is 255 g/mol. The van der Waals surface area contributed by atoms with Gasteiger partial charge in [-0.3, -0.25) is 4.68 Å². The van der Waals surface area contributed by atoms with Gasteiger partial charge in [0.05, 0.1) is 11.7 Å². The summed E-state index contributed by atoms with van der Waals surface area (Å²) in [5, 5.41) is 7.88. The van der Waals surface area contributed by atoms with Crippen molar-refractivity contribution in [2.24, 2.45) is 0 Å². The molecular formula is C13H25N3S. The van der Waals surface area contributed by atoms with Crippen LogP contribution in [0, 0.1) is 0 Å². The number of aromatic nitrogens is 2. The van der Waals surface area contributed by atoms with Crippen molar-refractivity contribution in [3.05, 3.63) is 18.0 Å². The Labute approximate surface area is 109 Å². The largest absolute Gasteiger partial charge is 0.311 e. The van der Waals surface area contributed by atoms with Gasteiger partial charge in [-0.2, -0.15) is 16.9 Å². The predicted octanol–water partition coefficient (Wildman–Crippen LogP) is 2.87. The van der Waals surface area contributed by atoms with Gasteiger partial charge in [0, 0.05) is 29.6 Å². The summed E-state index contributed by atoms with van der Waals surface area (Å²) in [4.78, 5) is 0. The molecule has 0 spiro atoms. The Morgan fingerprint density at radius 2 is 1.94 bits per heavy atom. The molecule has 0 amide bonds. The van der Waals surface area contributed by atoms with Crippen molar-refractivity contribution in [2.75, 3.05) is 12.8 Å². The van der Waals surface area contributed by atoms with Crippen LogP contribution in [0.3, 0.4) is 0 Å². The third kappa shape index (κ3) is 4.72. The molecule has 1 heterocycles. The van der Waals surface area contributed by atoms with Crippen molar-refractivity contribution in [3.63, 3.8) is 0 Å². The Balaban J connectivity index is 2.46. The Bertz CT molecular complexity index is 350. The second-order valence-corrected chi connectivity index (χ2v) is 7.54. The maximum absolute atomic E-state index is 4.39. The average molecular weight is 255 g/mol. The third-order valence-corrected chi connectivity index (χ3v) is 4.01. The average Bonchev–Trinajstić information content (AvgIpc) is 2.66. The summed E-state index contributed by atoms with van der Waals surface area (Å²) in [7, 11) is 0. The number of nitrogens with zero attached hydrogens (tertiary/aromatic N) is 2. The van der Waals surface area contributed by atoms with E-state index in [0.717, 1.165) is 13.1 Å². The SMILES string of the molecule is CSC(C)(C)CNCc1cnn(C(C)(C)C)c1. The molecule has 0 unspecified atom stereocenters. The molecule has 0 bridgehead atoms. The van der Waals surface area contributed by atoms with Crippen LogP contribution in [0.25, 0.3) is 0 Å². The Kier molecular flexibility index (Phi) is 4.67. The molecule has 0 aliphatic rings. The molecule has 1 N–H and O–H groups in total. The first kappa shape index (κ1) is 14.6. The maximum atomic E-state index is 4.39. The topological polar surface area (TPSA) is 29.9 Å². The van der Waals surface area contributed by atoms with Crippen molar-refractivity contribution in [1.82, 2.24) is 15.1 Å². The zero-order chi connectivity index (χ0) is 13.1. The third-order valence-electron chi connectivity index (χ3n) is 2.76. The molecule has 1 aromatic heterocycles. The predicted molar refractivity (Wildman–Crippen MR) is 76.5 cm³/mol. The van der Waals surface area contributed by atoms with Gasteiger partial charge < -0.3 is 5.32 Å². The number of hydrogen-bond donors (Lipinski definition) is 1. The van der Waals surface area contributed by atoms with Crippen LogP contribution in [0.5, 0.6) is 0 Å². The van der Waals surface area contributed by atoms with Crippen molar-refractivity contribution in [2.45, 2.75) is 51.4 Å². The molecule has 17 heavy (non-hydrogen) atoms. The van der Waals surface area contributed by atoms with E-state index in [1.54, 1.807) is 0 Å². The van der Waals surface area contributed by atoms with Crippen LogP contribution in [-0.2, 0) is 12.1 Å². The van der Waals surface area contributed by atoms with Gasteiger partial charge in [0.15, 0.2) is 0 Å². The van der Waals surface area contributed by atoms with Crippen LogP contribution < -0.4 is 5.32 Å². The highest BCUT2D eigenvalue weighted by Crippen LogP contribution is 2.19. The Morgan fingerprint density at radius 1 is 1.29 bits per heavy atom. The lowest BCUT2D eigenvalue weighted by molar-refractivity contribution is 0.355. The van der Waals surface area contributed by atoms with Crippen LogP contribution in [0.15, 0.2) is 12.4 Å². The van der Waals surface area contributed by atoms with Gasteiger partial charge in [0.1, 0.15) is 0 Å². The van der Waals surface area contributed by atoms with Crippen LogP contribution in [0.1, 0.15) is 40.2 Å². The minimum atomic E-state index is 0.0663. The summed E-state index contributed by atoms with van der Waals surface area (Å²) in [6, 6.07) is 0. The first-order valence-electron chi connectivity index (χ1n) is 6.04. The second-order valence-electron chi connectivity index (χ2n) is 6.03. The van der Waals surface area contributed by atoms with Crippen LogP contribution >= 0.6 is 11.8 Å². The molecule has 0 saturated heterocycles. The maximum Gasteiger partial charge on any atom is 0.0543 e. The molecule has 98 valence electrons. The van der Waals surface area contributed by atoms with Gasteiger partial charge in [-0.25, -0.2) is 0 Å². The van der Waals surface area contributed by atoms with Crippen LogP contribution in [0.4, 0.5) is 0 Å². The van der Waals surface area contributed by atoms with Crippen molar-refractivity contribution in [1.29, 1.82) is 0 Å². The second kappa shape index (κ2) is 5.44. The van der Waals surface area contributed by atoms with Gasteiger partial charge >= 0.3 is 0 Å². The summed E-state index contributed by atoms with van der Waals surface area (Å²) >= 11 is 1.89. The van der Waals surface area contributed by atoms with Crippen molar-refractivity contribution in [3.8, 4) is 0 Å². The molecule has 0 aliphatic carbocycles. The molecule has 1 aromatic rings. The van der Waals surface area contributed by atoms with Crippen molar-refractivity contribution < 1.29 is 0 Å². The van der Waals surface area contributed by atoms with E-state index in [9.17, 15) is 0 Å². The van der Waals surface area contributed by atoms with Crippen LogP contribution in [0.2, 0.25) is 0 Å². The molecule has 0 saturated carbocycles. The lowest BCUT2D eigenvalue weighted by Crippen LogP contribution is -2.31. The Hall–Kier alpha value is -0.480. The zero-order valence-corrected chi connectivity index (χ0v) is 12.7. The van der Waals surface area contributed by atoms with E-state index in [-0.39, 0.29) is 5.54 Å². The molecule has 0 atom stereocenters. The van der Waals surface area contributed by atoms with Gasteiger partial charge in [0.2, 0.25) is 0 Å². The highest BCUT2D eigenvalue weighted by Gasteiger charge is 2.16. The summed E-state index contributed by atoms with van der Waals surface area (Å²) in [5.41, 5.74) is 1.31. The zero-order valence-electron chi connectivity index (χ0n) is 11.9. The van der Waals surface area contributed by atoms with Gasteiger partial charge in [-0.15, -0.1) is 0 Å². The molecule has 1 rings (SSSR count). The molecule has 0 radical (unpaired) electrons. The molecular weight excluding hydrogens is 230 g/mol. The number of rotatable bonds is 5. The molecule has 0 aromatic carbocycles. The smallest absolute Gasteiger partial charge is 0.0543 e. The normalized spacial score (nSPS) is 13.1. The summed E-state index contributed by atoms with van der Waals surface area (Å²) in [5.74, 6) is 0. The summed E-state index contributed by atoms with van der Waals surface area (Å²) < 4.78 is 2.31. The van der Waals surface area contributed by atoms with E-state index in [2.05, 4.69) is 57.5 Å². The van der Waals surface area contributed by atoms with E-state index >= 15 is 0 Å². The first-order chi connectivity index (χ1) is 7.74. The molecule has 3 nitrogen and oxygen atoms in total. The fraction of sp³-hybridized carbons (Fsp3) is 0.769. The van der Waals surface area contributed by atoms with E-state index in [1.807, 2.05) is 22.6 Å². The van der Waals surface area contributed by atoms with E-state index < -0.39 is 0 Å². The minimum absolute atomic E-state index is 0.0663. The fourth-order valence-corrected chi connectivity index (χ4v) is 1.64. The number of thioether (sulfide) groups is 1. The summed E-state index contributed by atoms with van der Waals surface area (Å²) in [6.45, 7) is 12.9. The Morgan fingerprint density at radius 3 is 2.41 bits per heavy atom. The molecule has 0 fully saturated rings. The van der Waals surface area contributed by atoms with Gasteiger partial charge in [-0.05, 0) is 40.9 Å².